The number of hydrogen-bond donors (Lipinski definition) is 0. The van der Waals surface area contributed by atoms with E-state index in [0.29, 0.717) is 36.8 Å². The first kappa shape index (κ1) is 23.9. The van der Waals surface area contributed by atoms with Crippen molar-refractivity contribution in [3.63, 3.8) is 0 Å². The van der Waals surface area contributed by atoms with E-state index in [2.05, 4.69) is 11.1 Å². The van der Waals surface area contributed by atoms with Crippen LogP contribution in [0.15, 0.2) is 48.5 Å². The molecule has 0 aliphatic heterocycles. The Kier molecular flexibility index (Phi) is 8.48. The van der Waals surface area contributed by atoms with Crippen molar-refractivity contribution in [1.29, 1.82) is 5.26 Å². The Morgan fingerprint density at radius 3 is 2.67 bits per heavy atom. The minimum absolute atomic E-state index is 0.154. The second-order valence-electron chi connectivity index (χ2n) is 7.51. The van der Waals surface area contributed by atoms with Gasteiger partial charge in [0, 0.05) is 30.6 Å². The molecule has 7 nitrogen and oxygen atoms in total. The van der Waals surface area contributed by atoms with Crippen molar-refractivity contribution in [3.8, 4) is 17.6 Å². The summed E-state index contributed by atoms with van der Waals surface area (Å²) in [6.07, 6.45) is 2.91. The van der Waals surface area contributed by atoms with Crippen LogP contribution in [0.2, 0.25) is 0 Å². The molecule has 0 aliphatic carbocycles. The van der Waals surface area contributed by atoms with Gasteiger partial charge in [-0.25, -0.2) is 4.98 Å². The number of fused-ring (bicyclic) bond motifs is 1. The lowest BCUT2D eigenvalue weighted by molar-refractivity contribution is -0.143. The maximum atomic E-state index is 11.4. The van der Waals surface area contributed by atoms with Crippen LogP contribution in [0.5, 0.6) is 11.5 Å². The molecule has 0 N–H and O–H groups in total. The van der Waals surface area contributed by atoms with Gasteiger partial charge in [0.1, 0.15) is 11.8 Å². The van der Waals surface area contributed by atoms with Crippen LogP contribution in [0.25, 0.3) is 10.9 Å². The number of aromatic nitrogens is 1. The van der Waals surface area contributed by atoms with E-state index in [4.69, 9.17) is 14.2 Å². The van der Waals surface area contributed by atoms with Gasteiger partial charge in [0.15, 0.2) is 11.5 Å². The third-order valence-electron chi connectivity index (χ3n) is 5.29. The highest BCUT2D eigenvalue weighted by molar-refractivity contribution is 5.94. The van der Waals surface area contributed by atoms with Gasteiger partial charge in [0.05, 0.1) is 31.5 Å². The highest BCUT2D eigenvalue weighted by atomic mass is 16.5. The number of anilines is 2. The van der Waals surface area contributed by atoms with E-state index >= 15 is 0 Å². The summed E-state index contributed by atoms with van der Waals surface area (Å²) < 4.78 is 16.4. The fourth-order valence-electron chi connectivity index (χ4n) is 3.58. The summed E-state index contributed by atoms with van der Waals surface area (Å²) in [5, 5.41) is 10.4. The van der Waals surface area contributed by atoms with Crippen molar-refractivity contribution in [3.05, 3.63) is 54.2 Å². The van der Waals surface area contributed by atoms with E-state index in [0.717, 1.165) is 41.5 Å². The SMILES string of the molecule is CCOC(=O)CCCCCOc1cc(N(C)c2cc(C#N)nc3ccccc23)ccc1OC. The molecule has 7 heteroatoms. The maximum absolute atomic E-state index is 11.4. The van der Waals surface area contributed by atoms with Crippen molar-refractivity contribution in [1.82, 2.24) is 4.98 Å². The molecule has 0 saturated carbocycles. The molecule has 3 aromatic rings. The number of para-hydroxylation sites is 1. The first-order valence-electron chi connectivity index (χ1n) is 11.1. The number of methoxy groups -OCH3 is 1. The van der Waals surface area contributed by atoms with Crippen molar-refractivity contribution in [2.75, 3.05) is 32.3 Å². The Balaban J connectivity index is 1.72. The average molecular weight is 448 g/mol. The molecular weight excluding hydrogens is 418 g/mol. The number of nitrogens with zero attached hydrogens (tertiary/aromatic N) is 3. The fourth-order valence-corrected chi connectivity index (χ4v) is 3.58. The Bertz CT molecular complexity index is 1140. The van der Waals surface area contributed by atoms with Crippen molar-refractivity contribution >= 4 is 28.2 Å². The van der Waals surface area contributed by atoms with Crippen LogP contribution in [0.3, 0.4) is 0 Å². The molecule has 0 saturated heterocycles. The molecule has 0 unspecified atom stereocenters. The number of ether oxygens (including phenoxy) is 3. The van der Waals surface area contributed by atoms with Crippen LogP contribution in [0, 0.1) is 11.3 Å². The summed E-state index contributed by atoms with van der Waals surface area (Å²) in [6.45, 7) is 2.74. The lowest BCUT2D eigenvalue weighted by Crippen LogP contribution is -2.11. The Morgan fingerprint density at radius 1 is 1.09 bits per heavy atom. The van der Waals surface area contributed by atoms with Crippen LogP contribution in [0.1, 0.15) is 38.3 Å². The Hall–Kier alpha value is -3.79. The van der Waals surface area contributed by atoms with E-state index < -0.39 is 0 Å². The summed E-state index contributed by atoms with van der Waals surface area (Å²) in [5.74, 6) is 1.14. The molecule has 2 aromatic carbocycles. The molecule has 1 aromatic heterocycles. The molecule has 0 radical (unpaired) electrons. The largest absolute Gasteiger partial charge is 0.493 e. The lowest BCUT2D eigenvalue weighted by Gasteiger charge is -2.23. The number of rotatable bonds is 11. The van der Waals surface area contributed by atoms with E-state index in [1.165, 1.54) is 0 Å². The minimum Gasteiger partial charge on any atom is -0.493 e. The van der Waals surface area contributed by atoms with Crippen LogP contribution in [0.4, 0.5) is 11.4 Å². The van der Waals surface area contributed by atoms with E-state index in [-0.39, 0.29) is 5.97 Å². The molecule has 0 fully saturated rings. The first-order chi connectivity index (χ1) is 16.1. The normalized spacial score (nSPS) is 10.5. The second kappa shape index (κ2) is 11.7. The molecule has 33 heavy (non-hydrogen) atoms. The maximum Gasteiger partial charge on any atom is 0.305 e. The van der Waals surface area contributed by atoms with Crippen molar-refractivity contribution in [2.45, 2.75) is 32.6 Å². The highest BCUT2D eigenvalue weighted by Crippen LogP contribution is 2.36. The lowest BCUT2D eigenvalue weighted by atomic mass is 10.1. The molecule has 0 amide bonds. The number of hydrogen-bond acceptors (Lipinski definition) is 7. The standard InChI is InChI=1S/C26H29N3O4/c1-4-32-26(30)12-6-5-9-15-33-25-17-20(13-14-24(25)31-3)29(2)23-16-19(18-27)28-22-11-8-7-10-21(22)23/h7-8,10-11,13-14,16-17H,4-6,9,12,15H2,1-3H3. The molecule has 172 valence electrons. The van der Waals surface area contributed by atoms with Crippen LogP contribution in [-0.4, -0.2) is 38.3 Å². The van der Waals surface area contributed by atoms with E-state index in [9.17, 15) is 10.1 Å². The minimum atomic E-state index is -0.154. The summed E-state index contributed by atoms with van der Waals surface area (Å²) in [6, 6.07) is 17.4. The van der Waals surface area contributed by atoms with Gasteiger partial charge in [-0.3, -0.25) is 4.79 Å². The predicted octanol–water partition coefficient (Wildman–Crippen LogP) is 5.39. The number of benzene rings is 2. The zero-order valence-electron chi connectivity index (χ0n) is 19.3. The van der Waals surface area contributed by atoms with Crippen molar-refractivity contribution in [2.24, 2.45) is 0 Å². The number of esters is 1. The number of carbonyl (C=O) groups excluding carboxylic acids is 1. The fraction of sp³-hybridized carbons (Fsp3) is 0.346. The van der Waals surface area contributed by atoms with Gasteiger partial charge in [-0.05, 0) is 50.5 Å². The van der Waals surface area contributed by atoms with Gasteiger partial charge in [-0.15, -0.1) is 0 Å². The quantitative estimate of drug-likeness (QED) is 0.288. The van der Waals surface area contributed by atoms with Gasteiger partial charge < -0.3 is 19.1 Å². The number of nitriles is 1. The number of carbonyl (C=O) groups is 1. The Labute approximate surface area is 194 Å². The van der Waals surface area contributed by atoms with E-state index in [1.807, 2.05) is 61.3 Å². The highest BCUT2D eigenvalue weighted by Gasteiger charge is 2.14. The van der Waals surface area contributed by atoms with Crippen molar-refractivity contribution < 1.29 is 19.0 Å². The summed E-state index contributed by atoms with van der Waals surface area (Å²) in [4.78, 5) is 17.8. The summed E-state index contributed by atoms with van der Waals surface area (Å²) in [7, 11) is 3.56. The number of pyridine rings is 1. The first-order valence-corrected chi connectivity index (χ1v) is 11.1. The third kappa shape index (κ3) is 6.13. The number of unbranched alkanes of at least 4 members (excludes halogenated alkanes) is 2. The van der Waals surface area contributed by atoms with Gasteiger partial charge in [-0.2, -0.15) is 5.26 Å². The summed E-state index contributed by atoms with van der Waals surface area (Å²) >= 11 is 0. The molecular formula is C26H29N3O4. The molecule has 0 aliphatic rings. The van der Waals surface area contributed by atoms with Gasteiger partial charge in [-0.1, -0.05) is 18.2 Å². The van der Waals surface area contributed by atoms with Gasteiger partial charge in [0.25, 0.3) is 0 Å². The van der Waals surface area contributed by atoms with Gasteiger partial charge in [0.2, 0.25) is 0 Å². The van der Waals surface area contributed by atoms with Crippen LogP contribution >= 0.6 is 0 Å². The summed E-state index contributed by atoms with van der Waals surface area (Å²) in [5.41, 5.74) is 2.91. The van der Waals surface area contributed by atoms with Crippen LogP contribution in [-0.2, 0) is 9.53 Å². The second-order valence-corrected chi connectivity index (χ2v) is 7.51. The zero-order valence-corrected chi connectivity index (χ0v) is 19.3. The molecule has 0 bridgehead atoms. The zero-order chi connectivity index (χ0) is 23.6. The molecule has 0 atom stereocenters. The monoisotopic (exact) mass is 447 g/mol. The predicted molar refractivity (Wildman–Crippen MR) is 128 cm³/mol. The smallest absolute Gasteiger partial charge is 0.305 e. The molecule has 0 spiro atoms. The van der Waals surface area contributed by atoms with E-state index in [1.54, 1.807) is 13.2 Å². The van der Waals surface area contributed by atoms with Gasteiger partial charge >= 0.3 is 5.97 Å². The average Bonchev–Trinajstić information content (AvgIpc) is 2.85. The van der Waals surface area contributed by atoms with Crippen LogP contribution < -0.4 is 14.4 Å². The topological polar surface area (TPSA) is 84.7 Å². The molecule has 3 rings (SSSR count). The third-order valence-corrected chi connectivity index (χ3v) is 5.29. The molecule has 1 heterocycles. The Morgan fingerprint density at radius 2 is 1.91 bits per heavy atom.